The number of rotatable bonds is 4. The first-order chi connectivity index (χ1) is 15.9. The normalized spacial score (nSPS) is 18.2. The largest absolute Gasteiger partial charge is 0.495 e. The Morgan fingerprint density at radius 1 is 1.15 bits per heavy atom. The number of aromatic nitrogens is 2. The van der Waals surface area contributed by atoms with E-state index in [1.165, 1.54) is 12.1 Å². The monoisotopic (exact) mass is 447 g/mol. The molecule has 0 radical (unpaired) electrons. The van der Waals surface area contributed by atoms with E-state index in [9.17, 15) is 4.39 Å². The number of hydrogen-bond acceptors (Lipinski definition) is 6. The predicted molar refractivity (Wildman–Crippen MR) is 126 cm³/mol. The zero-order valence-electron chi connectivity index (χ0n) is 19.1. The lowest BCUT2D eigenvalue weighted by molar-refractivity contribution is 0.164. The minimum atomic E-state index is -0.541. The summed E-state index contributed by atoms with van der Waals surface area (Å²) < 4.78 is 27.1. The van der Waals surface area contributed by atoms with Crippen molar-refractivity contribution in [2.75, 3.05) is 25.3 Å². The fraction of sp³-hybridized carbons (Fsp3) is 0.280. The highest BCUT2D eigenvalue weighted by molar-refractivity contribution is 6.03. The maximum atomic E-state index is 13.5. The molecule has 0 aliphatic carbocycles. The van der Waals surface area contributed by atoms with Crippen LogP contribution in [0.5, 0.6) is 5.75 Å². The minimum Gasteiger partial charge on any atom is -0.495 e. The van der Waals surface area contributed by atoms with Crippen molar-refractivity contribution in [1.29, 1.82) is 0 Å². The van der Waals surface area contributed by atoms with Crippen LogP contribution < -0.4 is 9.75 Å². The highest BCUT2D eigenvalue weighted by atomic mass is 19.1. The zero-order chi connectivity index (χ0) is 23.2. The standard InChI is InChI=1S/C25H26FN5O2/c1-17-15-29(16-27-17)21-10-5-18(13-22(21)32-4)14-23-24-28-25(2,3)31(30(24)11-12-33-23)20-8-6-19(26)7-9-20/h5-10,13-16H,11-12H2,1-4H3. The molecular formula is C25H26FN5O2. The first kappa shape index (κ1) is 21.1. The van der Waals surface area contributed by atoms with Crippen LogP contribution in [-0.2, 0) is 4.74 Å². The third kappa shape index (κ3) is 3.82. The van der Waals surface area contributed by atoms with E-state index < -0.39 is 5.66 Å². The van der Waals surface area contributed by atoms with Gasteiger partial charge in [0, 0.05) is 6.20 Å². The lowest BCUT2D eigenvalue weighted by Crippen LogP contribution is -2.52. The molecule has 0 atom stereocenters. The Morgan fingerprint density at radius 3 is 2.64 bits per heavy atom. The summed E-state index contributed by atoms with van der Waals surface area (Å²) in [5.74, 6) is 1.91. The molecule has 0 spiro atoms. The summed E-state index contributed by atoms with van der Waals surface area (Å²) in [6, 6.07) is 12.5. The van der Waals surface area contributed by atoms with Gasteiger partial charge >= 0.3 is 0 Å². The lowest BCUT2D eigenvalue weighted by Gasteiger charge is -2.40. The Labute approximate surface area is 192 Å². The maximum absolute atomic E-state index is 13.5. The summed E-state index contributed by atoms with van der Waals surface area (Å²) in [6.07, 6.45) is 5.70. The topological polar surface area (TPSA) is 55.1 Å². The van der Waals surface area contributed by atoms with Crippen LogP contribution in [0.3, 0.4) is 0 Å². The summed E-state index contributed by atoms with van der Waals surface area (Å²) in [5.41, 5.74) is 3.12. The van der Waals surface area contributed by atoms with E-state index in [0.29, 0.717) is 18.9 Å². The van der Waals surface area contributed by atoms with E-state index >= 15 is 0 Å². The van der Waals surface area contributed by atoms with E-state index in [1.807, 2.05) is 55.8 Å². The number of hydrogen-bond donors (Lipinski definition) is 0. The molecule has 2 aliphatic rings. The molecule has 7 nitrogen and oxygen atoms in total. The fourth-order valence-corrected chi connectivity index (χ4v) is 4.29. The van der Waals surface area contributed by atoms with Gasteiger partial charge in [0.1, 0.15) is 23.8 Å². The van der Waals surface area contributed by atoms with Crippen molar-refractivity contribution in [3.8, 4) is 11.4 Å². The predicted octanol–water partition coefficient (Wildman–Crippen LogP) is 4.57. The molecule has 2 aliphatic heterocycles. The summed E-state index contributed by atoms with van der Waals surface area (Å²) in [7, 11) is 1.66. The third-order valence-electron chi connectivity index (χ3n) is 5.73. The Kier molecular flexibility index (Phi) is 5.08. The van der Waals surface area contributed by atoms with Crippen LogP contribution in [-0.4, -0.2) is 46.3 Å². The highest BCUT2D eigenvalue weighted by Crippen LogP contribution is 2.36. The number of anilines is 1. The minimum absolute atomic E-state index is 0.261. The molecule has 8 heteroatoms. The number of fused-ring (bicyclic) bond motifs is 1. The first-order valence-corrected chi connectivity index (χ1v) is 10.8. The fourth-order valence-electron chi connectivity index (χ4n) is 4.29. The van der Waals surface area contributed by atoms with Gasteiger partial charge in [0.25, 0.3) is 0 Å². The Balaban J connectivity index is 1.49. The molecular weight excluding hydrogens is 421 g/mol. The number of benzene rings is 2. The highest BCUT2D eigenvalue weighted by Gasteiger charge is 2.43. The number of imidazole rings is 1. The number of ether oxygens (including phenoxy) is 2. The van der Waals surface area contributed by atoms with E-state index in [4.69, 9.17) is 14.5 Å². The van der Waals surface area contributed by atoms with E-state index in [-0.39, 0.29) is 5.82 Å². The van der Waals surface area contributed by atoms with Crippen LogP contribution >= 0.6 is 0 Å². The van der Waals surface area contributed by atoms with Gasteiger partial charge in [-0.15, -0.1) is 0 Å². The number of amidine groups is 1. The number of hydrazine groups is 1. The van der Waals surface area contributed by atoms with Gasteiger partial charge in [0.05, 0.1) is 37.1 Å². The van der Waals surface area contributed by atoms with E-state index in [2.05, 4.69) is 15.0 Å². The second-order valence-corrected chi connectivity index (χ2v) is 8.55. The maximum Gasteiger partial charge on any atom is 0.188 e. The van der Waals surface area contributed by atoms with Crippen molar-refractivity contribution in [3.05, 3.63) is 77.8 Å². The number of methoxy groups -OCH3 is 1. The van der Waals surface area contributed by atoms with E-state index in [0.717, 1.165) is 34.2 Å². The summed E-state index contributed by atoms with van der Waals surface area (Å²) >= 11 is 0. The van der Waals surface area contributed by atoms with Crippen molar-refractivity contribution in [2.45, 2.75) is 26.4 Å². The van der Waals surface area contributed by atoms with Gasteiger partial charge in [-0.1, -0.05) is 6.07 Å². The number of aliphatic imine (C=N–C) groups is 1. The van der Waals surface area contributed by atoms with Gasteiger partial charge in [-0.3, -0.25) is 10.0 Å². The molecule has 1 saturated heterocycles. The number of nitrogens with zero attached hydrogens (tertiary/aromatic N) is 5. The number of aryl methyl sites for hydroxylation is 1. The average Bonchev–Trinajstić information content (AvgIpc) is 3.34. The molecule has 0 amide bonds. The summed E-state index contributed by atoms with van der Waals surface area (Å²) in [5, 5.41) is 4.19. The number of halogens is 1. The van der Waals surface area contributed by atoms with E-state index in [1.54, 1.807) is 25.6 Å². The van der Waals surface area contributed by atoms with Gasteiger partial charge in [-0.25, -0.2) is 14.4 Å². The van der Waals surface area contributed by atoms with Gasteiger partial charge in [0.15, 0.2) is 11.6 Å². The molecule has 2 aromatic carbocycles. The van der Waals surface area contributed by atoms with Gasteiger partial charge in [0.2, 0.25) is 0 Å². The van der Waals surface area contributed by atoms with Crippen molar-refractivity contribution >= 4 is 17.6 Å². The number of morpholine rings is 1. The molecule has 3 aromatic rings. The van der Waals surface area contributed by atoms with Crippen molar-refractivity contribution in [3.63, 3.8) is 0 Å². The van der Waals surface area contributed by atoms with Crippen molar-refractivity contribution in [1.82, 2.24) is 14.6 Å². The molecule has 3 heterocycles. The third-order valence-corrected chi connectivity index (χ3v) is 5.73. The van der Waals surface area contributed by atoms with Crippen molar-refractivity contribution < 1.29 is 13.9 Å². The van der Waals surface area contributed by atoms with Crippen LogP contribution in [0.1, 0.15) is 25.1 Å². The smallest absolute Gasteiger partial charge is 0.188 e. The molecule has 0 unspecified atom stereocenters. The second kappa shape index (κ2) is 7.95. The average molecular weight is 448 g/mol. The zero-order valence-corrected chi connectivity index (χ0v) is 19.1. The Bertz CT molecular complexity index is 1250. The molecule has 0 N–H and O–H groups in total. The molecule has 1 aromatic heterocycles. The quantitative estimate of drug-likeness (QED) is 0.586. The first-order valence-electron chi connectivity index (χ1n) is 10.8. The molecule has 0 bridgehead atoms. The molecule has 1 fully saturated rings. The van der Waals surface area contributed by atoms with Gasteiger partial charge < -0.3 is 14.0 Å². The van der Waals surface area contributed by atoms with Gasteiger partial charge in [-0.05, 0) is 68.8 Å². The van der Waals surface area contributed by atoms with Crippen molar-refractivity contribution in [2.24, 2.45) is 4.99 Å². The molecule has 33 heavy (non-hydrogen) atoms. The Morgan fingerprint density at radius 2 is 1.94 bits per heavy atom. The molecule has 170 valence electrons. The SMILES string of the molecule is COc1cc(C=C2OCCN3C2=NC(C)(C)N3c2ccc(F)cc2)ccc1-n1cnc(C)c1. The lowest BCUT2D eigenvalue weighted by atomic mass is 10.1. The Hall–Kier alpha value is -3.81. The molecule has 5 rings (SSSR count). The van der Waals surface area contributed by atoms with Crippen LogP contribution in [0.15, 0.2) is 65.7 Å². The summed E-state index contributed by atoms with van der Waals surface area (Å²) in [4.78, 5) is 9.25. The van der Waals surface area contributed by atoms with Crippen LogP contribution in [0.2, 0.25) is 0 Å². The van der Waals surface area contributed by atoms with Crippen LogP contribution in [0.4, 0.5) is 10.1 Å². The molecule has 0 saturated carbocycles. The van der Waals surface area contributed by atoms with Crippen LogP contribution in [0.25, 0.3) is 11.8 Å². The van der Waals surface area contributed by atoms with Crippen LogP contribution in [0, 0.1) is 12.7 Å². The van der Waals surface area contributed by atoms with Gasteiger partial charge in [-0.2, -0.15) is 0 Å². The second-order valence-electron chi connectivity index (χ2n) is 8.55. The summed E-state index contributed by atoms with van der Waals surface area (Å²) in [6.45, 7) is 7.18.